The highest BCUT2D eigenvalue weighted by atomic mass is 35.5. The van der Waals surface area contributed by atoms with Gasteiger partial charge < -0.3 is 20.1 Å². The van der Waals surface area contributed by atoms with E-state index >= 15 is 0 Å². The average molecular weight is 455 g/mol. The molecule has 164 valence electrons. The molecule has 10 heteroatoms. The van der Waals surface area contributed by atoms with Crippen LogP contribution in [0.1, 0.15) is 21.5 Å². The normalized spacial score (nSPS) is 13.2. The van der Waals surface area contributed by atoms with Gasteiger partial charge in [-0.15, -0.1) is 0 Å². The second-order valence-electron chi connectivity index (χ2n) is 6.68. The summed E-state index contributed by atoms with van der Waals surface area (Å²) in [5.74, 6) is -0.464. The van der Waals surface area contributed by atoms with Gasteiger partial charge in [0.05, 0.1) is 5.02 Å². The first kappa shape index (κ1) is 22.5. The molecular weight excluding hydrogens is 437 g/mol. The number of hydrogen-bond donors (Lipinski definition) is 2. The second kappa shape index (κ2) is 9.30. The number of alkyl halides is 3. The molecule has 2 amide bonds. The van der Waals surface area contributed by atoms with E-state index in [0.717, 1.165) is 0 Å². The van der Waals surface area contributed by atoms with Crippen molar-refractivity contribution in [1.82, 2.24) is 5.32 Å². The van der Waals surface area contributed by atoms with Gasteiger partial charge in [-0.05, 0) is 48.4 Å². The van der Waals surface area contributed by atoms with E-state index in [2.05, 4.69) is 5.32 Å². The zero-order valence-electron chi connectivity index (χ0n) is 16.3. The Morgan fingerprint density at radius 3 is 2.65 bits per heavy atom. The molecule has 0 aromatic heterocycles. The lowest BCUT2D eigenvalue weighted by Crippen LogP contribution is -2.33. The molecule has 1 aliphatic rings. The Kier molecular flexibility index (Phi) is 6.74. The fraction of sp³-hybridized carbons (Fsp3) is 0.238. The smallest absolute Gasteiger partial charge is 0.405 e. The highest BCUT2D eigenvalue weighted by molar-refractivity contribution is 6.32. The van der Waals surface area contributed by atoms with E-state index in [1.807, 2.05) is 0 Å². The number of ether oxygens (including phenoxy) is 2. The average Bonchev–Trinajstić information content (AvgIpc) is 2.71. The molecule has 0 bridgehead atoms. The number of rotatable bonds is 5. The van der Waals surface area contributed by atoms with Crippen LogP contribution in [0.2, 0.25) is 5.02 Å². The van der Waals surface area contributed by atoms with Crippen molar-refractivity contribution >= 4 is 35.2 Å². The molecule has 0 atom stereocenters. The van der Waals surface area contributed by atoms with Crippen molar-refractivity contribution in [1.29, 1.82) is 0 Å². The summed E-state index contributed by atoms with van der Waals surface area (Å²) in [4.78, 5) is 24.2. The van der Waals surface area contributed by atoms with E-state index in [1.165, 1.54) is 30.4 Å². The molecule has 0 radical (unpaired) electrons. The number of benzene rings is 2. The zero-order valence-corrected chi connectivity index (χ0v) is 17.1. The van der Waals surface area contributed by atoms with Crippen LogP contribution >= 0.6 is 11.6 Å². The fourth-order valence-corrected chi connectivity index (χ4v) is 3.03. The predicted octanol–water partition coefficient (Wildman–Crippen LogP) is 4.36. The lowest BCUT2D eigenvalue weighted by atomic mass is 10.1. The third-order valence-electron chi connectivity index (χ3n) is 4.25. The van der Waals surface area contributed by atoms with Crippen LogP contribution in [0, 0.1) is 6.92 Å². The summed E-state index contributed by atoms with van der Waals surface area (Å²) < 4.78 is 47.8. The summed E-state index contributed by atoms with van der Waals surface area (Å²) in [6.45, 7) is 1.04. The molecule has 3 rings (SSSR count). The van der Waals surface area contributed by atoms with Gasteiger partial charge in [0, 0.05) is 17.3 Å². The summed E-state index contributed by atoms with van der Waals surface area (Å²) in [6.07, 6.45) is -1.73. The van der Waals surface area contributed by atoms with Crippen LogP contribution in [-0.2, 0) is 4.79 Å². The summed E-state index contributed by atoms with van der Waals surface area (Å²) in [6, 6.07) is 7.52. The third-order valence-corrected chi connectivity index (χ3v) is 4.53. The van der Waals surface area contributed by atoms with Crippen molar-refractivity contribution < 1.29 is 32.2 Å². The third kappa shape index (κ3) is 6.14. The maximum Gasteiger partial charge on any atom is 0.405 e. The van der Waals surface area contributed by atoms with Gasteiger partial charge in [-0.25, -0.2) is 0 Å². The van der Waals surface area contributed by atoms with Gasteiger partial charge in [0.25, 0.3) is 5.91 Å². The topological polar surface area (TPSA) is 76.7 Å². The molecule has 0 aliphatic carbocycles. The van der Waals surface area contributed by atoms with Gasteiger partial charge in [0.15, 0.2) is 11.5 Å². The number of fused-ring (bicyclic) bond motifs is 1. The van der Waals surface area contributed by atoms with Crippen molar-refractivity contribution in [2.24, 2.45) is 0 Å². The molecule has 1 aliphatic heterocycles. The van der Waals surface area contributed by atoms with Gasteiger partial charge >= 0.3 is 6.18 Å². The minimum Gasteiger partial charge on any atom is -0.486 e. The van der Waals surface area contributed by atoms with Gasteiger partial charge in [0.2, 0.25) is 5.91 Å². The molecule has 1 heterocycles. The van der Waals surface area contributed by atoms with E-state index in [0.29, 0.717) is 46.5 Å². The summed E-state index contributed by atoms with van der Waals surface area (Å²) in [7, 11) is 0. The highest BCUT2D eigenvalue weighted by Crippen LogP contribution is 2.38. The minimum atomic E-state index is -4.51. The molecule has 0 spiro atoms. The monoisotopic (exact) mass is 454 g/mol. The molecule has 0 fully saturated rings. The van der Waals surface area contributed by atoms with Gasteiger partial charge in [-0.3, -0.25) is 9.59 Å². The van der Waals surface area contributed by atoms with Crippen LogP contribution in [0.25, 0.3) is 6.08 Å². The van der Waals surface area contributed by atoms with E-state index in [1.54, 1.807) is 24.4 Å². The van der Waals surface area contributed by atoms with Crippen molar-refractivity contribution in [3.8, 4) is 11.5 Å². The molecule has 0 unspecified atom stereocenters. The second-order valence-corrected chi connectivity index (χ2v) is 7.08. The van der Waals surface area contributed by atoms with Crippen molar-refractivity contribution in [3.05, 3.63) is 58.1 Å². The maximum absolute atomic E-state index is 12.3. The van der Waals surface area contributed by atoms with Crippen molar-refractivity contribution in [3.63, 3.8) is 0 Å². The SMILES string of the molecule is Cc1ccc(C(=O)NCC(F)(F)F)cc1NC(=O)/C=C/c1cc(Cl)c2c(c1)OCCO2. The van der Waals surface area contributed by atoms with Gasteiger partial charge in [-0.2, -0.15) is 13.2 Å². The maximum atomic E-state index is 12.3. The number of halogens is 4. The van der Waals surface area contributed by atoms with Crippen LogP contribution in [0.15, 0.2) is 36.4 Å². The largest absolute Gasteiger partial charge is 0.486 e. The van der Waals surface area contributed by atoms with E-state index in [-0.39, 0.29) is 5.56 Å². The fourth-order valence-electron chi connectivity index (χ4n) is 2.75. The van der Waals surface area contributed by atoms with Crippen LogP contribution in [0.3, 0.4) is 0 Å². The Labute approximate surface area is 181 Å². The van der Waals surface area contributed by atoms with Crippen LogP contribution in [0.4, 0.5) is 18.9 Å². The minimum absolute atomic E-state index is 0.00672. The quantitative estimate of drug-likeness (QED) is 0.658. The molecule has 0 saturated carbocycles. The Hall–Kier alpha value is -3.20. The van der Waals surface area contributed by atoms with Crippen LogP contribution in [0.5, 0.6) is 11.5 Å². The first-order chi connectivity index (χ1) is 14.6. The van der Waals surface area contributed by atoms with E-state index in [9.17, 15) is 22.8 Å². The van der Waals surface area contributed by atoms with Crippen molar-refractivity contribution in [2.75, 3.05) is 25.1 Å². The number of amides is 2. The molecule has 2 aromatic rings. The molecule has 6 nitrogen and oxygen atoms in total. The number of carbonyl (C=O) groups excluding carboxylic acids is 2. The molecule has 2 N–H and O–H groups in total. The Bertz CT molecular complexity index is 1040. The summed E-state index contributed by atoms with van der Waals surface area (Å²) in [5, 5.41) is 4.75. The molecule has 2 aromatic carbocycles. The Morgan fingerprint density at radius 2 is 1.90 bits per heavy atom. The summed E-state index contributed by atoms with van der Waals surface area (Å²) >= 11 is 6.17. The van der Waals surface area contributed by atoms with Crippen molar-refractivity contribution in [2.45, 2.75) is 13.1 Å². The molecular formula is C21H18ClF3N2O4. The van der Waals surface area contributed by atoms with Crippen LogP contribution < -0.4 is 20.1 Å². The lowest BCUT2D eigenvalue weighted by Gasteiger charge is -2.19. The van der Waals surface area contributed by atoms with E-state index in [4.69, 9.17) is 21.1 Å². The predicted molar refractivity (Wildman–Crippen MR) is 110 cm³/mol. The Balaban J connectivity index is 1.69. The number of aryl methyl sites for hydroxylation is 1. The standard InChI is InChI=1S/C21H18ClF3N2O4/c1-12-2-4-14(20(29)26-11-21(23,24)25)10-16(12)27-18(28)5-3-13-8-15(22)19-17(9-13)30-6-7-31-19/h2-5,8-10H,6-7,11H2,1H3,(H,26,29)(H,27,28)/b5-3+. The zero-order chi connectivity index (χ0) is 22.6. The molecule has 31 heavy (non-hydrogen) atoms. The van der Waals surface area contributed by atoms with E-state index < -0.39 is 24.5 Å². The lowest BCUT2D eigenvalue weighted by molar-refractivity contribution is -0.123. The first-order valence-electron chi connectivity index (χ1n) is 9.16. The first-order valence-corrected chi connectivity index (χ1v) is 9.54. The number of nitrogens with one attached hydrogen (secondary N) is 2. The Morgan fingerprint density at radius 1 is 1.16 bits per heavy atom. The van der Waals surface area contributed by atoms with Gasteiger partial charge in [-0.1, -0.05) is 17.7 Å². The summed E-state index contributed by atoms with van der Waals surface area (Å²) in [5.41, 5.74) is 1.54. The number of hydrogen-bond acceptors (Lipinski definition) is 4. The highest BCUT2D eigenvalue weighted by Gasteiger charge is 2.28. The van der Waals surface area contributed by atoms with Gasteiger partial charge in [0.1, 0.15) is 19.8 Å². The molecule has 0 saturated heterocycles. The van der Waals surface area contributed by atoms with Crippen LogP contribution in [-0.4, -0.2) is 37.7 Å². The number of carbonyl (C=O) groups is 2. The number of anilines is 1.